The Labute approximate surface area is 108 Å². The third kappa shape index (κ3) is 3.23. The molecular weight excluding hydrogens is 228 g/mol. The number of hydrogen-bond acceptors (Lipinski definition) is 3. The van der Waals surface area contributed by atoms with Crippen LogP contribution in [0.4, 0.5) is 0 Å². The van der Waals surface area contributed by atoms with Crippen LogP contribution in [0.15, 0.2) is 24.3 Å². The van der Waals surface area contributed by atoms with Crippen molar-refractivity contribution in [3.8, 4) is 5.75 Å². The molecule has 2 rings (SSSR count). The van der Waals surface area contributed by atoms with Crippen molar-refractivity contribution in [3.05, 3.63) is 29.8 Å². The van der Waals surface area contributed by atoms with Gasteiger partial charge in [0.05, 0.1) is 13.5 Å². The lowest BCUT2D eigenvalue weighted by Crippen LogP contribution is -2.37. The van der Waals surface area contributed by atoms with Gasteiger partial charge in [0.15, 0.2) is 0 Å². The molecule has 4 nitrogen and oxygen atoms in total. The van der Waals surface area contributed by atoms with Crippen molar-refractivity contribution in [1.29, 1.82) is 0 Å². The number of amides is 1. The van der Waals surface area contributed by atoms with E-state index in [0.717, 1.165) is 30.8 Å². The van der Waals surface area contributed by atoms with E-state index in [0.29, 0.717) is 6.42 Å². The third-order valence-corrected chi connectivity index (χ3v) is 3.30. The molecule has 0 aliphatic carbocycles. The molecule has 0 saturated carbocycles. The highest BCUT2D eigenvalue weighted by Crippen LogP contribution is 2.17. The van der Waals surface area contributed by atoms with Crippen LogP contribution in [0.3, 0.4) is 0 Å². The number of likely N-dealkylation sites (tertiary alicyclic amines) is 1. The molecule has 1 aromatic rings. The van der Waals surface area contributed by atoms with Gasteiger partial charge in [-0.2, -0.15) is 0 Å². The number of carbonyl (C=O) groups is 1. The number of para-hydroxylation sites is 1. The van der Waals surface area contributed by atoms with E-state index in [1.54, 1.807) is 7.11 Å². The second-order valence-electron chi connectivity index (χ2n) is 4.80. The molecule has 0 spiro atoms. The van der Waals surface area contributed by atoms with Gasteiger partial charge < -0.3 is 15.0 Å². The Balaban J connectivity index is 1.91. The summed E-state index contributed by atoms with van der Waals surface area (Å²) in [5.41, 5.74) is 0.934. The van der Waals surface area contributed by atoms with E-state index in [1.165, 1.54) is 0 Å². The van der Waals surface area contributed by atoms with E-state index in [9.17, 15) is 4.79 Å². The first-order chi connectivity index (χ1) is 8.69. The lowest BCUT2D eigenvalue weighted by Gasteiger charge is -2.13. The van der Waals surface area contributed by atoms with Gasteiger partial charge in [-0.05, 0) is 26.1 Å². The van der Waals surface area contributed by atoms with Gasteiger partial charge in [0.2, 0.25) is 5.91 Å². The molecule has 18 heavy (non-hydrogen) atoms. The highest BCUT2D eigenvalue weighted by atomic mass is 16.5. The summed E-state index contributed by atoms with van der Waals surface area (Å²) in [6, 6.07) is 7.93. The summed E-state index contributed by atoms with van der Waals surface area (Å²) in [6.45, 7) is 2.00. The van der Waals surface area contributed by atoms with E-state index in [4.69, 9.17) is 4.74 Å². The van der Waals surface area contributed by atoms with E-state index < -0.39 is 0 Å². The fourth-order valence-electron chi connectivity index (χ4n) is 2.35. The summed E-state index contributed by atoms with van der Waals surface area (Å²) < 4.78 is 5.25. The maximum atomic E-state index is 12.0. The first-order valence-corrected chi connectivity index (χ1v) is 6.29. The predicted octanol–water partition coefficient (Wildman–Crippen LogP) is 1.06. The fourth-order valence-corrected chi connectivity index (χ4v) is 2.35. The van der Waals surface area contributed by atoms with Gasteiger partial charge in [0.1, 0.15) is 5.75 Å². The van der Waals surface area contributed by atoms with Crippen molar-refractivity contribution in [2.24, 2.45) is 0 Å². The van der Waals surface area contributed by atoms with Crippen LogP contribution in [0.1, 0.15) is 12.0 Å². The van der Waals surface area contributed by atoms with E-state index in [-0.39, 0.29) is 11.9 Å². The normalized spacial score (nSPS) is 19.8. The summed E-state index contributed by atoms with van der Waals surface area (Å²) >= 11 is 0. The molecule has 1 unspecified atom stereocenters. The smallest absolute Gasteiger partial charge is 0.224 e. The summed E-state index contributed by atoms with van der Waals surface area (Å²) in [5, 5.41) is 3.07. The van der Waals surface area contributed by atoms with Gasteiger partial charge in [0, 0.05) is 18.2 Å². The predicted molar refractivity (Wildman–Crippen MR) is 70.7 cm³/mol. The van der Waals surface area contributed by atoms with Crippen LogP contribution >= 0.6 is 0 Å². The quantitative estimate of drug-likeness (QED) is 0.866. The summed E-state index contributed by atoms with van der Waals surface area (Å²) in [7, 11) is 3.70. The molecule has 0 radical (unpaired) electrons. The Kier molecular flexibility index (Phi) is 4.20. The topological polar surface area (TPSA) is 41.6 Å². The molecule has 1 aromatic carbocycles. The van der Waals surface area contributed by atoms with Crippen molar-refractivity contribution in [1.82, 2.24) is 10.2 Å². The molecule has 0 aromatic heterocycles. The maximum absolute atomic E-state index is 12.0. The molecule has 1 heterocycles. The summed E-state index contributed by atoms with van der Waals surface area (Å²) in [4.78, 5) is 14.2. The van der Waals surface area contributed by atoms with Crippen LogP contribution in [0, 0.1) is 0 Å². The molecule has 1 N–H and O–H groups in total. The highest BCUT2D eigenvalue weighted by Gasteiger charge is 2.21. The van der Waals surface area contributed by atoms with Crippen LogP contribution in [0.5, 0.6) is 5.75 Å². The number of benzene rings is 1. The first-order valence-electron chi connectivity index (χ1n) is 6.29. The van der Waals surface area contributed by atoms with Crippen molar-refractivity contribution in [2.75, 3.05) is 27.2 Å². The van der Waals surface area contributed by atoms with E-state index in [2.05, 4.69) is 17.3 Å². The van der Waals surface area contributed by atoms with Gasteiger partial charge in [-0.1, -0.05) is 18.2 Å². The Bertz CT molecular complexity index is 420. The first kappa shape index (κ1) is 12.9. The number of likely N-dealkylation sites (N-methyl/N-ethyl adjacent to an activating group) is 1. The Morgan fingerprint density at radius 2 is 2.28 bits per heavy atom. The average molecular weight is 248 g/mol. The van der Waals surface area contributed by atoms with Crippen LogP contribution in [0.25, 0.3) is 0 Å². The molecule has 0 bridgehead atoms. The zero-order valence-electron chi connectivity index (χ0n) is 11.0. The van der Waals surface area contributed by atoms with E-state index in [1.807, 2.05) is 24.3 Å². The molecule has 98 valence electrons. The largest absolute Gasteiger partial charge is 0.496 e. The average Bonchev–Trinajstić information content (AvgIpc) is 2.75. The number of hydrogen-bond donors (Lipinski definition) is 1. The number of nitrogens with one attached hydrogen (secondary N) is 1. The summed E-state index contributed by atoms with van der Waals surface area (Å²) in [6.07, 6.45) is 1.42. The summed E-state index contributed by atoms with van der Waals surface area (Å²) in [5.74, 6) is 0.844. The number of methoxy groups -OCH3 is 1. The Hall–Kier alpha value is -1.55. The third-order valence-electron chi connectivity index (χ3n) is 3.30. The molecule has 4 heteroatoms. The van der Waals surface area contributed by atoms with Crippen LogP contribution < -0.4 is 10.1 Å². The molecule has 1 amide bonds. The minimum absolute atomic E-state index is 0.0693. The molecule has 1 saturated heterocycles. The van der Waals surface area contributed by atoms with Crippen LogP contribution in [-0.2, 0) is 11.2 Å². The second-order valence-corrected chi connectivity index (χ2v) is 4.80. The number of nitrogens with zero attached hydrogens (tertiary/aromatic N) is 1. The number of rotatable bonds is 4. The molecule has 1 aliphatic heterocycles. The standard InChI is InChI=1S/C14H20N2O2/c1-16-8-7-12(10-16)15-14(17)9-11-5-3-4-6-13(11)18-2/h3-6,12H,7-10H2,1-2H3,(H,15,17). The monoisotopic (exact) mass is 248 g/mol. The van der Waals surface area contributed by atoms with Gasteiger partial charge in [-0.25, -0.2) is 0 Å². The zero-order chi connectivity index (χ0) is 13.0. The van der Waals surface area contributed by atoms with Gasteiger partial charge in [0.25, 0.3) is 0 Å². The molecule has 1 fully saturated rings. The minimum atomic E-state index is 0.0693. The maximum Gasteiger partial charge on any atom is 0.224 e. The van der Waals surface area contributed by atoms with Crippen molar-refractivity contribution in [2.45, 2.75) is 18.9 Å². The lowest BCUT2D eigenvalue weighted by molar-refractivity contribution is -0.121. The number of carbonyl (C=O) groups excluding carboxylic acids is 1. The van der Waals surface area contributed by atoms with Crippen molar-refractivity contribution in [3.63, 3.8) is 0 Å². The van der Waals surface area contributed by atoms with Gasteiger partial charge in [-0.15, -0.1) is 0 Å². The molecule has 1 aliphatic rings. The lowest BCUT2D eigenvalue weighted by atomic mass is 10.1. The van der Waals surface area contributed by atoms with Crippen LogP contribution in [0.2, 0.25) is 0 Å². The van der Waals surface area contributed by atoms with Crippen LogP contribution in [-0.4, -0.2) is 44.1 Å². The Morgan fingerprint density at radius 3 is 2.94 bits per heavy atom. The minimum Gasteiger partial charge on any atom is -0.496 e. The van der Waals surface area contributed by atoms with Crippen molar-refractivity contribution < 1.29 is 9.53 Å². The van der Waals surface area contributed by atoms with Crippen molar-refractivity contribution >= 4 is 5.91 Å². The number of ether oxygens (including phenoxy) is 1. The fraction of sp³-hybridized carbons (Fsp3) is 0.500. The SMILES string of the molecule is COc1ccccc1CC(=O)NC1CCN(C)C1. The van der Waals surface area contributed by atoms with E-state index >= 15 is 0 Å². The zero-order valence-corrected chi connectivity index (χ0v) is 11.0. The van der Waals surface area contributed by atoms with Gasteiger partial charge in [-0.3, -0.25) is 4.79 Å². The molecular formula is C14H20N2O2. The van der Waals surface area contributed by atoms with Gasteiger partial charge >= 0.3 is 0 Å². The molecule has 1 atom stereocenters. The Morgan fingerprint density at radius 1 is 1.50 bits per heavy atom. The second kappa shape index (κ2) is 5.87. The highest BCUT2D eigenvalue weighted by molar-refractivity contribution is 5.79.